The normalized spacial score (nSPS) is 22.1. The molecule has 1 fully saturated rings. The standard InChI is InChI=1S/C12H24N2O/c1-3-11(4-2)12(15)14-7-5-6-10(8-13)9-14/h10-11H,3-9,13H2,1-2H3. The fourth-order valence-corrected chi connectivity index (χ4v) is 2.35. The van der Waals surface area contributed by atoms with Crippen LogP contribution in [0.4, 0.5) is 0 Å². The van der Waals surface area contributed by atoms with Gasteiger partial charge in [-0.1, -0.05) is 13.8 Å². The van der Waals surface area contributed by atoms with Gasteiger partial charge in [-0.3, -0.25) is 4.79 Å². The molecule has 1 aliphatic rings. The number of rotatable bonds is 4. The first kappa shape index (κ1) is 12.5. The highest BCUT2D eigenvalue weighted by molar-refractivity contribution is 5.78. The van der Waals surface area contributed by atoms with Gasteiger partial charge in [0.1, 0.15) is 0 Å². The van der Waals surface area contributed by atoms with E-state index in [0.29, 0.717) is 18.4 Å². The Labute approximate surface area is 93.0 Å². The van der Waals surface area contributed by atoms with E-state index in [9.17, 15) is 4.79 Å². The molecule has 0 aromatic carbocycles. The van der Waals surface area contributed by atoms with Crippen LogP contribution in [-0.2, 0) is 4.79 Å². The smallest absolute Gasteiger partial charge is 0.225 e. The third-order valence-electron chi connectivity index (χ3n) is 3.50. The topological polar surface area (TPSA) is 46.3 Å². The van der Waals surface area contributed by atoms with E-state index in [2.05, 4.69) is 13.8 Å². The van der Waals surface area contributed by atoms with Gasteiger partial charge in [0.25, 0.3) is 0 Å². The van der Waals surface area contributed by atoms with Crippen molar-refractivity contribution in [3.05, 3.63) is 0 Å². The van der Waals surface area contributed by atoms with Crippen LogP contribution in [-0.4, -0.2) is 30.4 Å². The molecule has 1 rings (SSSR count). The van der Waals surface area contributed by atoms with E-state index in [1.807, 2.05) is 4.90 Å². The van der Waals surface area contributed by atoms with Crippen molar-refractivity contribution in [3.63, 3.8) is 0 Å². The van der Waals surface area contributed by atoms with Crippen LogP contribution < -0.4 is 5.73 Å². The van der Waals surface area contributed by atoms with Gasteiger partial charge in [0.15, 0.2) is 0 Å². The third kappa shape index (κ3) is 3.20. The molecule has 2 N–H and O–H groups in total. The molecule has 1 saturated heterocycles. The molecular weight excluding hydrogens is 188 g/mol. The maximum atomic E-state index is 12.1. The number of hydrogen-bond donors (Lipinski definition) is 1. The molecule has 1 heterocycles. The third-order valence-corrected chi connectivity index (χ3v) is 3.50. The second kappa shape index (κ2) is 6.11. The molecule has 0 aromatic heterocycles. The molecule has 0 radical (unpaired) electrons. The zero-order valence-electron chi connectivity index (χ0n) is 10.0. The van der Waals surface area contributed by atoms with E-state index in [-0.39, 0.29) is 5.92 Å². The summed E-state index contributed by atoms with van der Waals surface area (Å²) in [6.45, 7) is 6.72. The summed E-state index contributed by atoms with van der Waals surface area (Å²) in [5.41, 5.74) is 5.67. The van der Waals surface area contributed by atoms with Gasteiger partial charge >= 0.3 is 0 Å². The predicted octanol–water partition coefficient (Wildman–Crippen LogP) is 1.62. The monoisotopic (exact) mass is 212 g/mol. The molecule has 15 heavy (non-hydrogen) atoms. The minimum absolute atomic E-state index is 0.224. The number of carbonyl (C=O) groups is 1. The predicted molar refractivity (Wildman–Crippen MR) is 62.4 cm³/mol. The molecule has 1 unspecified atom stereocenters. The molecule has 0 bridgehead atoms. The summed E-state index contributed by atoms with van der Waals surface area (Å²) in [7, 11) is 0. The number of likely N-dealkylation sites (tertiary alicyclic amines) is 1. The van der Waals surface area contributed by atoms with Gasteiger partial charge in [0, 0.05) is 19.0 Å². The van der Waals surface area contributed by atoms with Crippen molar-refractivity contribution >= 4 is 5.91 Å². The van der Waals surface area contributed by atoms with Crippen LogP contribution in [0.1, 0.15) is 39.5 Å². The highest BCUT2D eigenvalue weighted by atomic mass is 16.2. The summed E-state index contributed by atoms with van der Waals surface area (Å²) in [5.74, 6) is 1.09. The Morgan fingerprint density at radius 2 is 2.13 bits per heavy atom. The van der Waals surface area contributed by atoms with Gasteiger partial charge in [-0.05, 0) is 38.1 Å². The van der Waals surface area contributed by atoms with E-state index in [1.54, 1.807) is 0 Å². The van der Waals surface area contributed by atoms with Gasteiger partial charge in [0.2, 0.25) is 5.91 Å². The number of carbonyl (C=O) groups excluding carboxylic acids is 1. The number of hydrogen-bond acceptors (Lipinski definition) is 2. The fraction of sp³-hybridized carbons (Fsp3) is 0.917. The second-order valence-electron chi connectivity index (χ2n) is 4.54. The molecule has 88 valence electrons. The number of nitrogens with two attached hydrogens (primary N) is 1. The molecule has 0 aromatic rings. The lowest BCUT2D eigenvalue weighted by atomic mass is 9.95. The number of piperidine rings is 1. The first-order valence-electron chi connectivity index (χ1n) is 6.21. The van der Waals surface area contributed by atoms with Crippen molar-refractivity contribution in [2.75, 3.05) is 19.6 Å². The largest absolute Gasteiger partial charge is 0.342 e. The van der Waals surface area contributed by atoms with Crippen molar-refractivity contribution in [2.45, 2.75) is 39.5 Å². The molecule has 1 atom stereocenters. The Morgan fingerprint density at radius 3 is 2.67 bits per heavy atom. The van der Waals surface area contributed by atoms with Gasteiger partial charge in [-0.25, -0.2) is 0 Å². The van der Waals surface area contributed by atoms with E-state index in [1.165, 1.54) is 6.42 Å². The summed E-state index contributed by atoms with van der Waals surface area (Å²) >= 11 is 0. The van der Waals surface area contributed by atoms with E-state index in [0.717, 1.165) is 32.4 Å². The van der Waals surface area contributed by atoms with E-state index in [4.69, 9.17) is 5.73 Å². The minimum atomic E-state index is 0.224. The van der Waals surface area contributed by atoms with Crippen molar-refractivity contribution in [1.82, 2.24) is 4.90 Å². The summed E-state index contributed by atoms with van der Waals surface area (Å²) in [6, 6.07) is 0. The highest BCUT2D eigenvalue weighted by Gasteiger charge is 2.26. The molecule has 3 heteroatoms. The van der Waals surface area contributed by atoms with E-state index < -0.39 is 0 Å². The summed E-state index contributed by atoms with van der Waals surface area (Å²) in [4.78, 5) is 14.1. The molecule has 0 spiro atoms. The maximum Gasteiger partial charge on any atom is 0.225 e. The lowest BCUT2D eigenvalue weighted by Crippen LogP contribution is -2.44. The molecule has 1 aliphatic heterocycles. The second-order valence-corrected chi connectivity index (χ2v) is 4.54. The minimum Gasteiger partial charge on any atom is -0.342 e. The average Bonchev–Trinajstić information content (AvgIpc) is 2.30. The van der Waals surface area contributed by atoms with Crippen molar-refractivity contribution in [1.29, 1.82) is 0 Å². The zero-order chi connectivity index (χ0) is 11.3. The van der Waals surface area contributed by atoms with Gasteiger partial charge in [-0.15, -0.1) is 0 Å². The van der Waals surface area contributed by atoms with Crippen LogP contribution >= 0.6 is 0 Å². The lowest BCUT2D eigenvalue weighted by Gasteiger charge is -2.34. The van der Waals surface area contributed by atoms with Crippen LogP contribution in [0.3, 0.4) is 0 Å². The average molecular weight is 212 g/mol. The molecular formula is C12H24N2O. The van der Waals surface area contributed by atoms with Crippen molar-refractivity contribution in [3.8, 4) is 0 Å². The Hall–Kier alpha value is -0.570. The number of amides is 1. The molecule has 3 nitrogen and oxygen atoms in total. The highest BCUT2D eigenvalue weighted by Crippen LogP contribution is 2.19. The van der Waals surface area contributed by atoms with Crippen molar-refractivity contribution in [2.24, 2.45) is 17.6 Å². The van der Waals surface area contributed by atoms with Gasteiger partial charge < -0.3 is 10.6 Å². The molecule has 0 saturated carbocycles. The van der Waals surface area contributed by atoms with E-state index >= 15 is 0 Å². The van der Waals surface area contributed by atoms with Crippen molar-refractivity contribution < 1.29 is 4.79 Å². The SMILES string of the molecule is CCC(CC)C(=O)N1CCCC(CN)C1. The quantitative estimate of drug-likeness (QED) is 0.769. The van der Waals surface area contributed by atoms with Crippen LogP contribution in [0, 0.1) is 11.8 Å². The maximum absolute atomic E-state index is 12.1. The summed E-state index contributed by atoms with van der Waals surface area (Å²) in [6.07, 6.45) is 4.22. The molecule has 0 aliphatic carbocycles. The number of nitrogens with zero attached hydrogens (tertiary/aromatic N) is 1. The Kier molecular flexibility index (Phi) is 5.09. The summed E-state index contributed by atoms with van der Waals surface area (Å²) in [5, 5.41) is 0. The Balaban J connectivity index is 2.51. The Bertz CT molecular complexity index is 202. The summed E-state index contributed by atoms with van der Waals surface area (Å²) < 4.78 is 0. The fourth-order valence-electron chi connectivity index (χ4n) is 2.35. The van der Waals surface area contributed by atoms with Crippen LogP contribution in [0.25, 0.3) is 0 Å². The lowest BCUT2D eigenvalue weighted by molar-refractivity contribution is -0.137. The van der Waals surface area contributed by atoms with Gasteiger partial charge in [-0.2, -0.15) is 0 Å². The van der Waals surface area contributed by atoms with Gasteiger partial charge in [0.05, 0.1) is 0 Å². The van der Waals surface area contributed by atoms with Crippen LogP contribution in [0.2, 0.25) is 0 Å². The first-order chi connectivity index (χ1) is 7.22. The zero-order valence-corrected chi connectivity index (χ0v) is 10.0. The van der Waals surface area contributed by atoms with Crippen LogP contribution in [0.5, 0.6) is 0 Å². The molecule has 1 amide bonds. The first-order valence-corrected chi connectivity index (χ1v) is 6.21. The van der Waals surface area contributed by atoms with Crippen LogP contribution in [0.15, 0.2) is 0 Å². The Morgan fingerprint density at radius 1 is 1.47 bits per heavy atom.